The highest BCUT2D eigenvalue weighted by atomic mass is 19.1. The van der Waals surface area contributed by atoms with Gasteiger partial charge in [-0.2, -0.15) is 5.10 Å². The molecule has 4 heterocycles. The molecule has 2 aliphatic rings. The van der Waals surface area contributed by atoms with Crippen molar-refractivity contribution >= 4 is 28.0 Å². The maximum atomic E-state index is 14.3. The number of benzene rings is 1. The Kier molecular flexibility index (Phi) is 6.00. The van der Waals surface area contributed by atoms with Gasteiger partial charge in [0.05, 0.1) is 17.2 Å². The van der Waals surface area contributed by atoms with E-state index >= 15 is 0 Å². The third kappa shape index (κ3) is 3.92. The van der Waals surface area contributed by atoms with Crippen LogP contribution in [0, 0.1) is 12.7 Å². The minimum atomic E-state index is -1.15. The van der Waals surface area contributed by atoms with E-state index < -0.39 is 11.6 Å². The number of carboxylic acids is 1. The van der Waals surface area contributed by atoms with Crippen molar-refractivity contribution in [2.24, 2.45) is 0 Å². The second-order valence-corrected chi connectivity index (χ2v) is 10.4. The van der Waals surface area contributed by atoms with Crippen LogP contribution < -0.4 is 0 Å². The Morgan fingerprint density at radius 2 is 1.95 bits per heavy atom. The second-order valence-electron chi connectivity index (χ2n) is 10.4. The van der Waals surface area contributed by atoms with E-state index in [2.05, 4.69) is 20.8 Å². The summed E-state index contributed by atoms with van der Waals surface area (Å²) in [6.45, 7) is 3.15. The van der Waals surface area contributed by atoms with Crippen molar-refractivity contribution in [3.8, 4) is 5.69 Å². The van der Waals surface area contributed by atoms with Crippen LogP contribution in [-0.2, 0) is 14.3 Å². The van der Waals surface area contributed by atoms with Crippen molar-refractivity contribution in [2.45, 2.75) is 62.9 Å². The molecule has 1 aromatic carbocycles. The minimum absolute atomic E-state index is 0.124. The number of carboxylic acid groups (broad SMARTS) is 1. The number of aryl methyl sites for hydroxylation is 1. The van der Waals surface area contributed by atoms with Gasteiger partial charge in [0, 0.05) is 48.6 Å². The number of ether oxygens (including phenoxy) is 2. The molecule has 3 aromatic heterocycles. The van der Waals surface area contributed by atoms with Gasteiger partial charge in [0.1, 0.15) is 5.82 Å². The molecule has 1 saturated heterocycles. The number of fused-ring (bicyclic) bond motifs is 2. The number of methoxy groups -OCH3 is 1. The highest BCUT2D eigenvalue weighted by Crippen LogP contribution is 2.48. The van der Waals surface area contributed by atoms with Crippen molar-refractivity contribution in [1.82, 2.24) is 19.7 Å². The van der Waals surface area contributed by atoms with Gasteiger partial charge in [0.15, 0.2) is 11.2 Å². The van der Waals surface area contributed by atoms with E-state index in [4.69, 9.17) is 14.5 Å². The first-order valence-corrected chi connectivity index (χ1v) is 12.9. The second kappa shape index (κ2) is 9.22. The Morgan fingerprint density at radius 1 is 1.19 bits per heavy atom. The zero-order chi connectivity index (χ0) is 25.7. The number of halogens is 1. The molecule has 8 nitrogen and oxygen atoms in total. The first-order valence-electron chi connectivity index (χ1n) is 12.9. The summed E-state index contributed by atoms with van der Waals surface area (Å²) in [7, 11) is 1.49. The number of rotatable bonds is 5. The minimum Gasteiger partial charge on any atom is -0.479 e. The number of hydrogen-bond donors (Lipinski definition) is 2. The van der Waals surface area contributed by atoms with Crippen LogP contribution in [0.2, 0.25) is 0 Å². The van der Waals surface area contributed by atoms with Gasteiger partial charge in [-0.15, -0.1) is 0 Å². The Balaban J connectivity index is 1.60. The number of aromatic amines is 1. The van der Waals surface area contributed by atoms with Crippen LogP contribution in [0.25, 0.3) is 27.8 Å². The molecule has 37 heavy (non-hydrogen) atoms. The summed E-state index contributed by atoms with van der Waals surface area (Å²) < 4.78 is 27.8. The summed E-state index contributed by atoms with van der Waals surface area (Å²) in [6.07, 6.45) is 5.76. The fraction of sp³-hybridized carbons (Fsp3) is 0.464. The third-order valence-electron chi connectivity index (χ3n) is 8.41. The monoisotopic (exact) mass is 506 g/mol. The first kappa shape index (κ1) is 24.1. The van der Waals surface area contributed by atoms with Crippen LogP contribution >= 0.6 is 0 Å². The number of aromatic nitrogens is 4. The predicted octanol–water partition coefficient (Wildman–Crippen LogP) is 5.37. The number of H-pyrrole nitrogens is 1. The molecule has 9 heteroatoms. The largest absolute Gasteiger partial charge is 0.479 e. The quantitative estimate of drug-likeness (QED) is 0.377. The van der Waals surface area contributed by atoms with Crippen LogP contribution in [0.5, 0.6) is 0 Å². The Bertz CT molecular complexity index is 1480. The number of nitrogens with one attached hydrogen (secondary N) is 1. The lowest BCUT2D eigenvalue weighted by molar-refractivity contribution is -0.166. The molecule has 0 radical (unpaired) electrons. The smallest absolute Gasteiger partial charge is 0.335 e. The molecule has 0 bridgehead atoms. The van der Waals surface area contributed by atoms with Gasteiger partial charge in [0.25, 0.3) is 0 Å². The highest BCUT2D eigenvalue weighted by Gasteiger charge is 2.44. The number of pyridine rings is 1. The van der Waals surface area contributed by atoms with Gasteiger partial charge in [-0.05, 0) is 81.2 Å². The molecule has 0 amide bonds. The van der Waals surface area contributed by atoms with Crippen LogP contribution in [0.4, 0.5) is 4.39 Å². The number of nitrogens with zero attached hydrogens (tertiary/aromatic N) is 3. The Hall–Kier alpha value is -3.30. The molecular weight excluding hydrogens is 475 g/mol. The van der Waals surface area contributed by atoms with E-state index in [9.17, 15) is 14.3 Å². The predicted molar refractivity (Wildman–Crippen MR) is 137 cm³/mol. The SMILES string of the molecule is CO[C@]1(C(=O)O)CC[C@H](c2c(C3CCOCC3)n(-c3ccc(F)c(C)c3)c3cc4cn[nH]c4nc32)CC1. The van der Waals surface area contributed by atoms with E-state index in [-0.39, 0.29) is 17.7 Å². The van der Waals surface area contributed by atoms with Crippen LogP contribution in [0.3, 0.4) is 0 Å². The molecule has 0 atom stereocenters. The molecule has 2 N–H and O–H groups in total. The lowest BCUT2D eigenvalue weighted by Crippen LogP contribution is -2.43. The van der Waals surface area contributed by atoms with Crippen LogP contribution in [0.1, 0.15) is 67.2 Å². The average Bonchev–Trinajstić information content (AvgIpc) is 3.51. The Labute approximate surface area is 213 Å². The lowest BCUT2D eigenvalue weighted by atomic mass is 9.74. The van der Waals surface area contributed by atoms with Gasteiger partial charge in [-0.3, -0.25) is 5.10 Å². The highest BCUT2D eigenvalue weighted by molar-refractivity contribution is 5.93. The summed E-state index contributed by atoms with van der Waals surface area (Å²) in [5, 5.41) is 18.0. The van der Waals surface area contributed by atoms with E-state index in [1.54, 1.807) is 13.1 Å². The summed E-state index contributed by atoms with van der Waals surface area (Å²) in [6, 6.07) is 7.34. The first-order chi connectivity index (χ1) is 17.9. The van der Waals surface area contributed by atoms with Crippen molar-refractivity contribution in [2.75, 3.05) is 20.3 Å². The van der Waals surface area contributed by atoms with Gasteiger partial charge < -0.3 is 19.1 Å². The summed E-state index contributed by atoms with van der Waals surface area (Å²) in [5.41, 5.74) is 5.24. The lowest BCUT2D eigenvalue weighted by Gasteiger charge is -2.36. The van der Waals surface area contributed by atoms with Crippen LogP contribution in [-0.4, -0.2) is 56.7 Å². The summed E-state index contributed by atoms with van der Waals surface area (Å²) in [4.78, 5) is 17.1. The summed E-state index contributed by atoms with van der Waals surface area (Å²) in [5.74, 6) is -0.771. The fourth-order valence-corrected chi connectivity index (χ4v) is 6.31. The zero-order valence-corrected chi connectivity index (χ0v) is 21.1. The van der Waals surface area contributed by atoms with E-state index in [1.165, 1.54) is 18.9 Å². The van der Waals surface area contributed by atoms with E-state index in [1.807, 2.05) is 12.1 Å². The number of aliphatic carboxylic acids is 1. The number of hydrogen-bond acceptors (Lipinski definition) is 5. The van der Waals surface area contributed by atoms with Gasteiger partial charge in [-0.25, -0.2) is 14.2 Å². The van der Waals surface area contributed by atoms with Gasteiger partial charge in [-0.1, -0.05) is 0 Å². The van der Waals surface area contributed by atoms with Gasteiger partial charge in [0.2, 0.25) is 0 Å². The summed E-state index contributed by atoms with van der Waals surface area (Å²) >= 11 is 0. The topological polar surface area (TPSA) is 102 Å². The van der Waals surface area contributed by atoms with Crippen molar-refractivity contribution in [1.29, 1.82) is 0 Å². The Morgan fingerprint density at radius 3 is 2.62 bits per heavy atom. The molecule has 6 rings (SSSR count). The molecule has 194 valence electrons. The maximum Gasteiger partial charge on any atom is 0.335 e. The van der Waals surface area contributed by atoms with Crippen LogP contribution in [0.15, 0.2) is 30.5 Å². The van der Waals surface area contributed by atoms with E-state index in [0.29, 0.717) is 50.1 Å². The molecule has 4 aromatic rings. The van der Waals surface area contributed by atoms with Crippen molar-refractivity contribution in [3.63, 3.8) is 0 Å². The molecular formula is C28H31FN4O4. The van der Waals surface area contributed by atoms with Gasteiger partial charge >= 0.3 is 5.97 Å². The standard InChI is InChI=1S/C28H31FN4O4/c1-16-13-20(3-4-21(16)29)33-22-14-19-15-30-32-26(19)31-24(22)23(25(33)18-7-11-37-12-8-18)17-5-9-28(36-2,10-6-17)27(34)35/h3-4,13-15,17-18H,5-12H2,1-2H3,(H,34,35)(H,30,31,32)/t17-,28+. The normalized spacial score (nSPS) is 23.2. The molecule has 0 unspecified atom stereocenters. The maximum absolute atomic E-state index is 14.3. The molecule has 1 aliphatic carbocycles. The third-order valence-corrected chi connectivity index (χ3v) is 8.41. The molecule has 1 saturated carbocycles. The van der Waals surface area contributed by atoms with E-state index in [0.717, 1.165) is 40.5 Å². The van der Waals surface area contributed by atoms with Crippen molar-refractivity contribution < 1.29 is 23.8 Å². The average molecular weight is 507 g/mol. The van der Waals surface area contributed by atoms with Crippen molar-refractivity contribution in [3.05, 3.63) is 53.1 Å². The number of carbonyl (C=O) groups is 1. The molecule has 2 fully saturated rings. The fourth-order valence-electron chi connectivity index (χ4n) is 6.31. The zero-order valence-electron chi connectivity index (χ0n) is 21.1. The molecule has 0 spiro atoms. The molecule has 1 aliphatic heterocycles.